The van der Waals surface area contributed by atoms with Crippen molar-refractivity contribution in [2.24, 2.45) is 11.7 Å². The Morgan fingerprint density at radius 3 is 2.88 bits per heavy atom. The van der Waals surface area contributed by atoms with E-state index >= 15 is 0 Å². The van der Waals surface area contributed by atoms with Gasteiger partial charge in [0.1, 0.15) is 0 Å². The third kappa shape index (κ3) is 2.12. The summed E-state index contributed by atoms with van der Waals surface area (Å²) in [6.07, 6.45) is 1.09. The molecule has 88 valence electrons. The quantitative estimate of drug-likeness (QED) is 0.846. The van der Waals surface area contributed by atoms with Crippen LogP contribution in [0.1, 0.15) is 24.5 Å². The molecule has 0 spiro atoms. The largest absolute Gasteiger partial charge is 0.385 e. The number of hydrogen-bond acceptors (Lipinski definition) is 3. The van der Waals surface area contributed by atoms with Gasteiger partial charge in [-0.25, -0.2) is 0 Å². The average molecular weight is 237 g/mol. The molecule has 0 aliphatic carbocycles. The van der Waals surface area contributed by atoms with Crippen molar-refractivity contribution in [3.8, 4) is 0 Å². The third-order valence-electron chi connectivity index (χ3n) is 3.51. The van der Waals surface area contributed by atoms with Gasteiger partial charge < -0.3 is 10.8 Å². The second-order valence-electron chi connectivity index (χ2n) is 4.57. The van der Waals surface area contributed by atoms with Crippen LogP contribution in [0.15, 0.2) is 24.3 Å². The van der Waals surface area contributed by atoms with Crippen LogP contribution in [-0.4, -0.2) is 16.6 Å². The van der Waals surface area contributed by atoms with E-state index in [9.17, 15) is 5.11 Å². The highest BCUT2D eigenvalue weighted by Crippen LogP contribution is 2.39. The number of aliphatic hydroxyl groups is 1. The molecular weight excluding hydrogens is 218 g/mol. The maximum absolute atomic E-state index is 10.7. The van der Waals surface area contributed by atoms with E-state index in [1.54, 1.807) is 0 Å². The van der Waals surface area contributed by atoms with E-state index in [-0.39, 0.29) is 0 Å². The molecule has 2 atom stereocenters. The van der Waals surface area contributed by atoms with Gasteiger partial charge in [-0.2, -0.15) is 11.8 Å². The van der Waals surface area contributed by atoms with E-state index in [0.717, 1.165) is 29.1 Å². The minimum absolute atomic E-state index is 0.352. The van der Waals surface area contributed by atoms with Gasteiger partial charge in [0.05, 0.1) is 5.60 Å². The van der Waals surface area contributed by atoms with Gasteiger partial charge in [-0.1, -0.05) is 24.3 Å². The van der Waals surface area contributed by atoms with Gasteiger partial charge >= 0.3 is 0 Å². The fourth-order valence-corrected chi connectivity index (χ4v) is 3.78. The van der Waals surface area contributed by atoms with Crippen molar-refractivity contribution < 1.29 is 5.11 Å². The molecule has 1 aliphatic heterocycles. The Kier molecular flexibility index (Phi) is 3.57. The molecule has 1 saturated heterocycles. The normalized spacial score (nSPS) is 24.3. The third-order valence-corrected chi connectivity index (χ3v) is 4.67. The summed E-state index contributed by atoms with van der Waals surface area (Å²) in [6, 6.07) is 7.97. The predicted molar refractivity (Wildman–Crippen MR) is 69.3 cm³/mol. The molecule has 1 aromatic carbocycles. The zero-order valence-corrected chi connectivity index (χ0v) is 10.5. The molecule has 2 unspecified atom stereocenters. The first kappa shape index (κ1) is 12.0. The van der Waals surface area contributed by atoms with E-state index in [4.69, 9.17) is 5.73 Å². The zero-order valence-electron chi connectivity index (χ0n) is 9.65. The van der Waals surface area contributed by atoms with E-state index in [0.29, 0.717) is 12.5 Å². The Balaban J connectivity index is 2.33. The summed E-state index contributed by atoms with van der Waals surface area (Å²) in [5.74, 6) is 2.56. The van der Waals surface area contributed by atoms with Gasteiger partial charge in [-0.3, -0.25) is 0 Å². The Morgan fingerprint density at radius 1 is 1.50 bits per heavy atom. The lowest BCUT2D eigenvalue weighted by molar-refractivity contribution is 0.00394. The molecule has 1 heterocycles. The number of benzene rings is 1. The van der Waals surface area contributed by atoms with Crippen LogP contribution in [0.3, 0.4) is 0 Å². The van der Waals surface area contributed by atoms with Crippen LogP contribution in [0, 0.1) is 5.92 Å². The average Bonchev–Trinajstić information content (AvgIpc) is 2.83. The summed E-state index contributed by atoms with van der Waals surface area (Å²) in [7, 11) is 0. The van der Waals surface area contributed by atoms with Crippen LogP contribution in [0.2, 0.25) is 0 Å². The highest BCUT2D eigenvalue weighted by molar-refractivity contribution is 7.99. The zero-order chi connectivity index (χ0) is 11.6. The standard InChI is InChI=1S/C13H19NOS/c1-13(15,11-6-7-16-9-11)12-5-3-2-4-10(12)8-14/h2-5,11,15H,6-9,14H2,1H3. The first-order valence-corrected chi connectivity index (χ1v) is 6.90. The maximum Gasteiger partial charge on any atom is 0.0907 e. The number of hydrogen-bond donors (Lipinski definition) is 2. The minimum Gasteiger partial charge on any atom is -0.385 e. The van der Waals surface area contributed by atoms with Crippen LogP contribution in [-0.2, 0) is 12.1 Å². The first-order chi connectivity index (χ1) is 7.66. The monoisotopic (exact) mass is 237 g/mol. The Morgan fingerprint density at radius 2 is 2.25 bits per heavy atom. The summed E-state index contributed by atoms with van der Waals surface area (Å²) < 4.78 is 0. The molecule has 1 aromatic rings. The van der Waals surface area contributed by atoms with E-state index in [2.05, 4.69) is 0 Å². The molecule has 0 radical (unpaired) electrons. The molecule has 2 rings (SSSR count). The minimum atomic E-state index is -0.737. The highest BCUT2D eigenvalue weighted by atomic mass is 32.2. The van der Waals surface area contributed by atoms with Crippen LogP contribution in [0.5, 0.6) is 0 Å². The molecule has 0 amide bonds. The predicted octanol–water partition coefficient (Wildman–Crippen LogP) is 2.11. The second kappa shape index (κ2) is 4.78. The highest BCUT2D eigenvalue weighted by Gasteiger charge is 2.36. The van der Waals surface area contributed by atoms with E-state index in [1.807, 2.05) is 43.0 Å². The van der Waals surface area contributed by atoms with Crippen molar-refractivity contribution in [2.75, 3.05) is 11.5 Å². The van der Waals surface area contributed by atoms with Crippen LogP contribution in [0.4, 0.5) is 0 Å². The summed E-state index contributed by atoms with van der Waals surface area (Å²) in [5.41, 5.74) is 7.06. The summed E-state index contributed by atoms with van der Waals surface area (Å²) in [5, 5.41) is 10.7. The fourth-order valence-electron chi connectivity index (χ4n) is 2.39. The van der Waals surface area contributed by atoms with Crippen molar-refractivity contribution in [3.05, 3.63) is 35.4 Å². The molecule has 2 nitrogen and oxygen atoms in total. The Bertz CT molecular complexity index is 359. The van der Waals surface area contributed by atoms with Gasteiger partial charge in [0.25, 0.3) is 0 Å². The Hall–Kier alpha value is -0.510. The van der Waals surface area contributed by atoms with Gasteiger partial charge in [0.15, 0.2) is 0 Å². The van der Waals surface area contributed by atoms with Gasteiger partial charge in [-0.15, -0.1) is 0 Å². The molecule has 0 saturated carbocycles. The summed E-state index contributed by atoms with van der Waals surface area (Å²) in [6.45, 7) is 2.42. The van der Waals surface area contributed by atoms with Crippen LogP contribution >= 0.6 is 11.8 Å². The van der Waals surface area contributed by atoms with E-state index in [1.165, 1.54) is 0 Å². The molecule has 3 N–H and O–H groups in total. The second-order valence-corrected chi connectivity index (χ2v) is 5.72. The molecule has 1 fully saturated rings. The van der Waals surface area contributed by atoms with Crippen LogP contribution < -0.4 is 5.73 Å². The van der Waals surface area contributed by atoms with Gasteiger partial charge in [-0.05, 0) is 36.0 Å². The maximum atomic E-state index is 10.7. The molecule has 3 heteroatoms. The van der Waals surface area contributed by atoms with Crippen LogP contribution in [0.25, 0.3) is 0 Å². The topological polar surface area (TPSA) is 46.2 Å². The molecule has 16 heavy (non-hydrogen) atoms. The molecule has 0 aromatic heterocycles. The SMILES string of the molecule is CC(O)(c1ccccc1CN)C1CCSC1. The molecule has 0 bridgehead atoms. The van der Waals surface area contributed by atoms with Crippen molar-refractivity contribution in [2.45, 2.75) is 25.5 Å². The lowest BCUT2D eigenvalue weighted by Gasteiger charge is -2.31. The number of nitrogens with two attached hydrogens (primary N) is 1. The van der Waals surface area contributed by atoms with Gasteiger partial charge in [0, 0.05) is 12.5 Å². The van der Waals surface area contributed by atoms with Crippen molar-refractivity contribution in [1.29, 1.82) is 0 Å². The van der Waals surface area contributed by atoms with Crippen molar-refractivity contribution in [3.63, 3.8) is 0 Å². The smallest absolute Gasteiger partial charge is 0.0907 e. The first-order valence-electron chi connectivity index (χ1n) is 5.75. The molecular formula is C13H19NOS. The summed E-state index contributed by atoms with van der Waals surface area (Å²) in [4.78, 5) is 0. The van der Waals surface area contributed by atoms with Crippen molar-refractivity contribution >= 4 is 11.8 Å². The van der Waals surface area contributed by atoms with Gasteiger partial charge in [0.2, 0.25) is 0 Å². The van der Waals surface area contributed by atoms with Crippen molar-refractivity contribution in [1.82, 2.24) is 0 Å². The van der Waals surface area contributed by atoms with E-state index < -0.39 is 5.60 Å². The molecule has 1 aliphatic rings. The lowest BCUT2D eigenvalue weighted by atomic mass is 9.80. The number of rotatable bonds is 3. The fraction of sp³-hybridized carbons (Fsp3) is 0.538. The Labute approximate surface area is 101 Å². The number of thioether (sulfide) groups is 1. The lowest BCUT2D eigenvalue weighted by Crippen LogP contribution is -2.33. The summed E-state index contributed by atoms with van der Waals surface area (Å²) >= 11 is 1.93.